The number of likely N-dealkylation sites (tertiary alicyclic amines) is 1. The van der Waals surface area contributed by atoms with Crippen LogP contribution in [-0.2, 0) is 9.59 Å². The second-order valence-corrected chi connectivity index (χ2v) is 6.33. The van der Waals surface area contributed by atoms with Gasteiger partial charge in [0.05, 0.1) is 12.0 Å². The first kappa shape index (κ1) is 17.4. The number of carbonyl (C=O) groups excluding carboxylic acids is 2. The molecule has 1 aliphatic rings. The smallest absolute Gasteiger partial charge is 0.225 e. The van der Waals surface area contributed by atoms with Crippen LogP contribution in [0, 0.1) is 11.7 Å². The van der Waals surface area contributed by atoms with Gasteiger partial charge in [0.25, 0.3) is 0 Å². The van der Waals surface area contributed by atoms with Crippen molar-refractivity contribution in [2.75, 3.05) is 6.54 Å². The van der Waals surface area contributed by atoms with Crippen LogP contribution in [0.1, 0.15) is 51.6 Å². The Balaban J connectivity index is 2.10. The number of benzene rings is 1. The van der Waals surface area contributed by atoms with E-state index in [1.165, 1.54) is 19.1 Å². The molecule has 1 saturated heterocycles. The van der Waals surface area contributed by atoms with E-state index in [0.717, 1.165) is 18.4 Å². The molecule has 0 bridgehead atoms. The molecule has 1 fully saturated rings. The first-order valence-electron chi connectivity index (χ1n) is 8.25. The Morgan fingerprint density at radius 1 is 1.30 bits per heavy atom. The predicted molar refractivity (Wildman–Crippen MR) is 87.1 cm³/mol. The molecular formula is C18H25FN2O2. The first-order chi connectivity index (χ1) is 10.9. The van der Waals surface area contributed by atoms with Crippen molar-refractivity contribution >= 4 is 11.8 Å². The number of amides is 2. The number of halogens is 1. The molecule has 126 valence electrons. The molecule has 3 atom stereocenters. The van der Waals surface area contributed by atoms with Gasteiger partial charge < -0.3 is 10.2 Å². The largest absolute Gasteiger partial charge is 0.353 e. The van der Waals surface area contributed by atoms with Gasteiger partial charge >= 0.3 is 0 Å². The fourth-order valence-electron chi connectivity index (χ4n) is 3.03. The first-order valence-corrected chi connectivity index (χ1v) is 8.25. The van der Waals surface area contributed by atoms with Crippen LogP contribution in [0.15, 0.2) is 24.3 Å². The van der Waals surface area contributed by atoms with Crippen molar-refractivity contribution in [2.45, 2.75) is 52.1 Å². The maximum atomic E-state index is 13.1. The van der Waals surface area contributed by atoms with Crippen molar-refractivity contribution in [3.05, 3.63) is 35.6 Å². The highest BCUT2D eigenvalue weighted by Crippen LogP contribution is 2.33. The summed E-state index contributed by atoms with van der Waals surface area (Å²) in [6.45, 7) is 5.94. The van der Waals surface area contributed by atoms with Crippen molar-refractivity contribution in [3.63, 3.8) is 0 Å². The van der Waals surface area contributed by atoms with Gasteiger partial charge in [-0.3, -0.25) is 9.59 Å². The van der Waals surface area contributed by atoms with Crippen molar-refractivity contribution in [1.29, 1.82) is 0 Å². The van der Waals surface area contributed by atoms with Crippen molar-refractivity contribution in [3.8, 4) is 0 Å². The summed E-state index contributed by atoms with van der Waals surface area (Å²) < 4.78 is 13.1. The van der Waals surface area contributed by atoms with Gasteiger partial charge in [0.1, 0.15) is 5.82 Å². The minimum absolute atomic E-state index is 0.0168. The van der Waals surface area contributed by atoms with E-state index in [1.54, 1.807) is 17.0 Å². The van der Waals surface area contributed by atoms with Gasteiger partial charge in [-0.2, -0.15) is 0 Å². The monoisotopic (exact) mass is 320 g/mol. The Hall–Kier alpha value is -1.91. The number of hydrogen-bond donors (Lipinski definition) is 1. The topological polar surface area (TPSA) is 49.4 Å². The van der Waals surface area contributed by atoms with Crippen LogP contribution in [0.3, 0.4) is 0 Å². The zero-order valence-electron chi connectivity index (χ0n) is 14.0. The summed E-state index contributed by atoms with van der Waals surface area (Å²) in [4.78, 5) is 26.1. The van der Waals surface area contributed by atoms with E-state index in [4.69, 9.17) is 0 Å². The highest BCUT2D eigenvalue weighted by molar-refractivity contribution is 5.81. The predicted octanol–water partition coefficient (Wildman–Crippen LogP) is 3.04. The Morgan fingerprint density at radius 3 is 2.52 bits per heavy atom. The lowest BCUT2D eigenvalue weighted by atomic mass is 9.88. The van der Waals surface area contributed by atoms with E-state index in [2.05, 4.69) is 5.32 Å². The Bertz CT molecular complexity index is 559. The highest BCUT2D eigenvalue weighted by Gasteiger charge is 2.34. The molecule has 0 aliphatic carbocycles. The van der Waals surface area contributed by atoms with E-state index in [-0.39, 0.29) is 35.6 Å². The van der Waals surface area contributed by atoms with Gasteiger partial charge in [-0.1, -0.05) is 19.1 Å². The molecule has 1 heterocycles. The van der Waals surface area contributed by atoms with Gasteiger partial charge in [-0.05, 0) is 43.9 Å². The van der Waals surface area contributed by atoms with Gasteiger partial charge in [-0.25, -0.2) is 4.39 Å². The third-order valence-electron chi connectivity index (χ3n) is 4.61. The van der Waals surface area contributed by atoms with Crippen molar-refractivity contribution in [1.82, 2.24) is 10.2 Å². The number of nitrogens with one attached hydrogen (secondary N) is 1. The summed E-state index contributed by atoms with van der Waals surface area (Å²) in [6.07, 6.45) is 2.32. The molecule has 0 saturated carbocycles. The lowest BCUT2D eigenvalue weighted by Gasteiger charge is -2.39. The Morgan fingerprint density at radius 2 is 1.96 bits per heavy atom. The lowest BCUT2D eigenvalue weighted by Crippen LogP contribution is -2.47. The van der Waals surface area contributed by atoms with Gasteiger partial charge in [0.15, 0.2) is 0 Å². The molecule has 1 N–H and O–H groups in total. The molecular weight excluding hydrogens is 295 g/mol. The zero-order chi connectivity index (χ0) is 17.0. The molecule has 5 heteroatoms. The van der Waals surface area contributed by atoms with Crippen molar-refractivity contribution in [2.24, 2.45) is 5.92 Å². The molecule has 0 radical (unpaired) electrons. The number of carbonyl (C=O) groups is 2. The minimum atomic E-state index is -0.287. The second-order valence-electron chi connectivity index (χ2n) is 6.33. The molecule has 2 rings (SSSR count). The van der Waals surface area contributed by atoms with Crippen LogP contribution in [0.25, 0.3) is 0 Å². The van der Waals surface area contributed by atoms with Gasteiger partial charge in [-0.15, -0.1) is 0 Å². The Kier molecular flexibility index (Phi) is 5.74. The van der Waals surface area contributed by atoms with E-state index in [0.29, 0.717) is 13.0 Å². The van der Waals surface area contributed by atoms with E-state index < -0.39 is 0 Å². The summed E-state index contributed by atoms with van der Waals surface area (Å²) in [5.41, 5.74) is 0.919. The molecule has 4 nitrogen and oxygen atoms in total. The maximum Gasteiger partial charge on any atom is 0.225 e. The average Bonchev–Trinajstić information content (AvgIpc) is 2.54. The van der Waals surface area contributed by atoms with Crippen LogP contribution >= 0.6 is 0 Å². The summed E-state index contributed by atoms with van der Waals surface area (Å²) in [5, 5.41) is 2.99. The number of hydrogen-bond acceptors (Lipinski definition) is 2. The fraction of sp³-hybridized carbons (Fsp3) is 0.556. The third-order valence-corrected chi connectivity index (χ3v) is 4.61. The summed E-state index contributed by atoms with van der Waals surface area (Å²) in [6, 6.07) is 6.32. The van der Waals surface area contributed by atoms with Crippen molar-refractivity contribution < 1.29 is 14.0 Å². The molecule has 23 heavy (non-hydrogen) atoms. The van der Waals surface area contributed by atoms with Crippen LogP contribution < -0.4 is 5.32 Å². The summed E-state index contributed by atoms with van der Waals surface area (Å²) in [7, 11) is 0. The Labute approximate surface area is 137 Å². The highest BCUT2D eigenvalue weighted by atomic mass is 19.1. The fourth-order valence-corrected chi connectivity index (χ4v) is 3.03. The number of nitrogens with zero attached hydrogens (tertiary/aromatic N) is 1. The SMILES string of the molecule is CCC(C)NC(=O)C1CCC(c2ccc(F)cc2)N(C(C)=O)C1. The van der Waals surface area contributed by atoms with Crippen LogP contribution in [-0.4, -0.2) is 29.3 Å². The maximum absolute atomic E-state index is 13.1. The standard InChI is InChI=1S/C18H25FN2O2/c1-4-12(2)20-18(23)15-7-10-17(21(11-15)13(3)22)14-5-8-16(19)9-6-14/h5-6,8-9,12,15,17H,4,7,10-11H2,1-3H3,(H,20,23). The lowest BCUT2D eigenvalue weighted by molar-refractivity contribution is -0.137. The van der Waals surface area contributed by atoms with Gasteiger partial charge in [0, 0.05) is 19.5 Å². The van der Waals surface area contributed by atoms with E-state index in [9.17, 15) is 14.0 Å². The molecule has 1 aromatic carbocycles. The molecule has 1 aromatic rings. The minimum Gasteiger partial charge on any atom is -0.353 e. The van der Waals surface area contributed by atoms with E-state index in [1.807, 2.05) is 13.8 Å². The molecule has 3 unspecified atom stereocenters. The van der Waals surface area contributed by atoms with Crippen LogP contribution in [0.4, 0.5) is 4.39 Å². The quantitative estimate of drug-likeness (QED) is 0.927. The third kappa shape index (κ3) is 4.30. The molecule has 1 aliphatic heterocycles. The second kappa shape index (κ2) is 7.57. The van der Waals surface area contributed by atoms with Gasteiger partial charge in [0.2, 0.25) is 11.8 Å². The summed E-state index contributed by atoms with van der Waals surface area (Å²) >= 11 is 0. The normalized spacial score (nSPS) is 22.5. The van der Waals surface area contributed by atoms with Crippen LogP contribution in [0.2, 0.25) is 0 Å². The number of piperidine rings is 1. The average molecular weight is 320 g/mol. The zero-order valence-corrected chi connectivity index (χ0v) is 14.0. The molecule has 0 aromatic heterocycles. The molecule has 2 amide bonds. The van der Waals surface area contributed by atoms with Crippen LogP contribution in [0.5, 0.6) is 0 Å². The van der Waals surface area contributed by atoms with E-state index >= 15 is 0 Å². The summed E-state index contributed by atoms with van der Waals surface area (Å²) in [5.74, 6) is -0.502. The number of rotatable bonds is 4. The molecule has 0 spiro atoms.